The second-order valence-corrected chi connectivity index (χ2v) is 5.97. The van der Waals surface area contributed by atoms with Gasteiger partial charge < -0.3 is 18.9 Å². The van der Waals surface area contributed by atoms with Gasteiger partial charge in [-0.25, -0.2) is 4.79 Å². The largest absolute Gasteiger partial charge is 0.496 e. The number of hydrogen-bond donors (Lipinski definition) is 0. The molecule has 138 valence electrons. The maximum absolute atomic E-state index is 12.3. The molecule has 1 aromatic rings. The Morgan fingerprint density at radius 3 is 2.76 bits per heavy atom. The molecule has 0 radical (unpaired) electrons. The van der Waals surface area contributed by atoms with E-state index in [-0.39, 0.29) is 31.1 Å². The number of benzene rings is 1. The Balaban J connectivity index is 2.15. The van der Waals surface area contributed by atoms with Gasteiger partial charge in [-0.2, -0.15) is 0 Å². The molecule has 6 heteroatoms. The lowest BCUT2D eigenvalue weighted by molar-refractivity contribution is -0.0634. The highest BCUT2D eigenvalue weighted by Crippen LogP contribution is 2.29. The summed E-state index contributed by atoms with van der Waals surface area (Å²) >= 11 is 0. The molecule has 1 amide bonds. The lowest BCUT2D eigenvalue weighted by Gasteiger charge is -2.27. The number of allylic oxidation sites excluding steroid dienone is 1. The molecule has 3 atom stereocenters. The summed E-state index contributed by atoms with van der Waals surface area (Å²) < 4.78 is 21.5. The highest BCUT2D eigenvalue weighted by atomic mass is 16.7. The molecule has 0 aliphatic carbocycles. The van der Waals surface area contributed by atoms with Gasteiger partial charge in [-0.15, -0.1) is 0 Å². The van der Waals surface area contributed by atoms with Crippen molar-refractivity contribution < 1.29 is 23.7 Å². The molecule has 0 saturated carbocycles. The summed E-state index contributed by atoms with van der Waals surface area (Å²) in [5.74, 6) is 0.759. The topological polar surface area (TPSA) is 57.2 Å². The van der Waals surface area contributed by atoms with E-state index in [0.29, 0.717) is 13.0 Å². The van der Waals surface area contributed by atoms with E-state index in [9.17, 15) is 4.79 Å². The van der Waals surface area contributed by atoms with E-state index in [4.69, 9.17) is 18.9 Å². The third-order valence-electron chi connectivity index (χ3n) is 4.28. The van der Waals surface area contributed by atoms with E-state index in [0.717, 1.165) is 11.3 Å². The predicted molar refractivity (Wildman–Crippen MR) is 94.4 cm³/mol. The van der Waals surface area contributed by atoms with Gasteiger partial charge in [-0.1, -0.05) is 30.4 Å². The van der Waals surface area contributed by atoms with E-state index in [1.54, 1.807) is 19.1 Å². The van der Waals surface area contributed by atoms with Crippen molar-refractivity contribution in [3.63, 3.8) is 0 Å². The number of amides is 1. The van der Waals surface area contributed by atoms with E-state index in [1.807, 2.05) is 50.3 Å². The van der Waals surface area contributed by atoms with Crippen molar-refractivity contribution in [3.05, 3.63) is 42.0 Å². The maximum atomic E-state index is 12.3. The molecular formula is C19H27NO5. The minimum atomic E-state index is -0.311. The van der Waals surface area contributed by atoms with Gasteiger partial charge >= 0.3 is 6.09 Å². The lowest BCUT2D eigenvalue weighted by Crippen LogP contribution is -2.38. The van der Waals surface area contributed by atoms with Crippen LogP contribution in [0.4, 0.5) is 4.79 Å². The smallest absolute Gasteiger partial charge is 0.410 e. The quantitative estimate of drug-likeness (QED) is 0.505. The molecule has 25 heavy (non-hydrogen) atoms. The molecule has 6 nitrogen and oxygen atoms in total. The van der Waals surface area contributed by atoms with E-state index in [2.05, 4.69) is 0 Å². The summed E-state index contributed by atoms with van der Waals surface area (Å²) in [5.41, 5.74) is 0.946. The number of carbonyl (C=O) groups is 1. The number of nitrogens with zero attached hydrogens (tertiary/aromatic N) is 1. The van der Waals surface area contributed by atoms with Gasteiger partial charge in [-0.3, -0.25) is 4.90 Å². The third-order valence-corrected chi connectivity index (χ3v) is 4.28. The van der Waals surface area contributed by atoms with E-state index < -0.39 is 0 Å². The summed E-state index contributed by atoms with van der Waals surface area (Å²) in [6.07, 6.45) is 3.88. The Morgan fingerprint density at radius 1 is 1.32 bits per heavy atom. The summed E-state index contributed by atoms with van der Waals surface area (Å²) in [6.45, 7) is 4.49. The average molecular weight is 349 g/mol. The van der Waals surface area contributed by atoms with Gasteiger partial charge in [0.05, 0.1) is 25.8 Å². The van der Waals surface area contributed by atoms with Crippen molar-refractivity contribution in [2.45, 2.75) is 45.1 Å². The summed E-state index contributed by atoms with van der Waals surface area (Å²) in [6, 6.07) is 7.60. The molecule has 1 saturated heterocycles. The fourth-order valence-electron chi connectivity index (χ4n) is 3.02. The van der Waals surface area contributed by atoms with Crippen molar-refractivity contribution in [2.24, 2.45) is 0 Å². The molecule has 1 heterocycles. The number of ether oxygens (including phenoxy) is 4. The van der Waals surface area contributed by atoms with Gasteiger partial charge in [0.1, 0.15) is 18.6 Å². The minimum Gasteiger partial charge on any atom is -0.496 e. The molecule has 0 N–H and O–H groups in total. The molecule has 0 aromatic heterocycles. The molecular weight excluding hydrogens is 322 g/mol. The fourth-order valence-corrected chi connectivity index (χ4v) is 3.02. The Hall–Kier alpha value is -2.05. The van der Waals surface area contributed by atoms with Crippen LogP contribution in [0.25, 0.3) is 0 Å². The Labute approximate surface area is 149 Å². The molecule has 0 unspecified atom stereocenters. The fraction of sp³-hybridized carbons (Fsp3) is 0.526. The number of hydrogen-bond acceptors (Lipinski definition) is 5. The summed E-state index contributed by atoms with van der Waals surface area (Å²) in [5, 5.41) is 0. The predicted octanol–water partition coefficient (Wildman–Crippen LogP) is 3.36. The Kier molecular flexibility index (Phi) is 7.28. The Morgan fingerprint density at radius 2 is 2.08 bits per heavy atom. The van der Waals surface area contributed by atoms with Crippen molar-refractivity contribution in [1.82, 2.24) is 4.90 Å². The summed E-state index contributed by atoms with van der Waals surface area (Å²) in [7, 11) is 3.22. The van der Waals surface area contributed by atoms with Crippen LogP contribution in [0.2, 0.25) is 0 Å². The highest BCUT2D eigenvalue weighted by molar-refractivity contribution is 5.70. The molecule has 1 aliphatic heterocycles. The van der Waals surface area contributed by atoms with Crippen LogP contribution < -0.4 is 4.74 Å². The van der Waals surface area contributed by atoms with Gasteiger partial charge in [0.25, 0.3) is 0 Å². The van der Waals surface area contributed by atoms with Crippen LogP contribution in [0, 0.1) is 0 Å². The normalized spacial score (nSPS) is 21.6. The molecule has 0 spiro atoms. The zero-order chi connectivity index (χ0) is 18.2. The molecule has 2 rings (SSSR count). The Bertz CT molecular complexity index is 589. The van der Waals surface area contributed by atoms with E-state index in [1.165, 1.54) is 0 Å². The van der Waals surface area contributed by atoms with Crippen LogP contribution in [0.15, 0.2) is 36.4 Å². The first kappa shape index (κ1) is 19.3. The average Bonchev–Trinajstić information content (AvgIpc) is 2.87. The molecule has 0 bridgehead atoms. The standard InChI is InChI=1S/C19H27NO5/c1-5-8-16(24-13-22-3)11-17-14(2)25-19(21)20(17)12-15-9-6-7-10-18(15)23-4/h5-10,14,16-17H,11-13H2,1-4H3/b8-5+/t14-,16-,17-/m0/s1. The van der Waals surface area contributed by atoms with Crippen LogP contribution in [0.5, 0.6) is 5.75 Å². The first-order chi connectivity index (χ1) is 12.1. The maximum Gasteiger partial charge on any atom is 0.410 e. The van der Waals surface area contributed by atoms with Gasteiger partial charge in [0.15, 0.2) is 0 Å². The summed E-state index contributed by atoms with van der Waals surface area (Å²) in [4.78, 5) is 14.1. The number of para-hydroxylation sites is 1. The second kappa shape index (κ2) is 9.44. The van der Waals surface area contributed by atoms with Crippen LogP contribution >= 0.6 is 0 Å². The van der Waals surface area contributed by atoms with Gasteiger partial charge in [0.2, 0.25) is 0 Å². The van der Waals surface area contributed by atoms with E-state index >= 15 is 0 Å². The molecule has 1 aliphatic rings. The first-order valence-electron chi connectivity index (χ1n) is 8.43. The third kappa shape index (κ3) is 4.96. The van der Waals surface area contributed by atoms with Crippen LogP contribution in [0.3, 0.4) is 0 Å². The van der Waals surface area contributed by atoms with Crippen molar-refractivity contribution in [3.8, 4) is 5.75 Å². The minimum absolute atomic E-state index is 0.0875. The molecule has 1 fully saturated rings. The zero-order valence-electron chi connectivity index (χ0n) is 15.3. The van der Waals surface area contributed by atoms with Gasteiger partial charge in [-0.05, 0) is 19.9 Å². The second-order valence-electron chi connectivity index (χ2n) is 5.97. The number of cyclic esters (lactones) is 1. The number of carbonyl (C=O) groups excluding carboxylic acids is 1. The zero-order valence-corrected chi connectivity index (χ0v) is 15.3. The van der Waals surface area contributed by atoms with Crippen LogP contribution in [0.1, 0.15) is 25.8 Å². The SMILES string of the molecule is C/C=C/[C@@H](C[C@H]1[C@H](C)OC(=O)N1Cc1ccccc1OC)OCOC. The molecule has 1 aromatic carbocycles. The van der Waals surface area contributed by atoms with Gasteiger partial charge in [0, 0.05) is 19.1 Å². The lowest BCUT2D eigenvalue weighted by atomic mass is 10.0. The van der Waals surface area contributed by atoms with Crippen molar-refractivity contribution >= 4 is 6.09 Å². The van der Waals surface area contributed by atoms with Crippen molar-refractivity contribution in [2.75, 3.05) is 21.0 Å². The van der Waals surface area contributed by atoms with Crippen LogP contribution in [-0.4, -0.2) is 50.3 Å². The first-order valence-corrected chi connectivity index (χ1v) is 8.43. The number of rotatable bonds is 9. The monoisotopic (exact) mass is 349 g/mol. The highest BCUT2D eigenvalue weighted by Gasteiger charge is 2.40. The number of methoxy groups -OCH3 is 2. The van der Waals surface area contributed by atoms with Crippen LogP contribution in [-0.2, 0) is 20.8 Å². The van der Waals surface area contributed by atoms with Crippen molar-refractivity contribution in [1.29, 1.82) is 0 Å².